The molecule has 0 fully saturated rings. The normalized spacial score (nSPS) is 13.6. The molecule has 4 nitrogen and oxygen atoms in total. The largest absolute Gasteiger partial charge is 0.497 e. The summed E-state index contributed by atoms with van der Waals surface area (Å²) in [5.41, 5.74) is 3.13. The summed E-state index contributed by atoms with van der Waals surface area (Å²) in [7, 11) is 1.64. The molecule has 1 aromatic carbocycles. The lowest BCUT2D eigenvalue weighted by atomic mass is 9.97. The summed E-state index contributed by atoms with van der Waals surface area (Å²) >= 11 is 3.25. The number of ether oxygens (including phenoxy) is 1. The Labute approximate surface area is 166 Å². The van der Waals surface area contributed by atoms with E-state index < -0.39 is 0 Å². The van der Waals surface area contributed by atoms with Crippen molar-refractivity contribution in [3.05, 3.63) is 57.2 Å². The van der Waals surface area contributed by atoms with E-state index in [0.717, 1.165) is 57.4 Å². The lowest BCUT2D eigenvalue weighted by Gasteiger charge is -2.14. The highest BCUT2D eigenvalue weighted by Gasteiger charge is 2.22. The van der Waals surface area contributed by atoms with E-state index in [1.54, 1.807) is 34.8 Å². The van der Waals surface area contributed by atoms with Crippen molar-refractivity contribution in [1.82, 2.24) is 9.55 Å². The minimum atomic E-state index is 0.0359. The number of rotatable bonds is 5. The zero-order valence-corrected chi connectivity index (χ0v) is 17.2. The predicted molar refractivity (Wildman–Crippen MR) is 114 cm³/mol. The van der Waals surface area contributed by atoms with Crippen molar-refractivity contribution in [1.29, 1.82) is 0 Å². The van der Waals surface area contributed by atoms with Gasteiger partial charge in [-0.05, 0) is 62.4 Å². The van der Waals surface area contributed by atoms with Crippen molar-refractivity contribution in [3.8, 4) is 11.4 Å². The van der Waals surface area contributed by atoms with Crippen LogP contribution in [0.4, 0.5) is 0 Å². The van der Waals surface area contributed by atoms with Crippen LogP contribution in [0.3, 0.4) is 0 Å². The number of aryl methyl sites for hydroxylation is 2. The number of aromatic nitrogens is 2. The van der Waals surface area contributed by atoms with Gasteiger partial charge in [-0.25, -0.2) is 4.98 Å². The predicted octanol–water partition coefficient (Wildman–Crippen LogP) is 5.00. The number of hydrogen-bond acceptors (Lipinski definition) is 5. The Morgan fingerprint density at radius 2 is 2.04 bits per heavy atom. The summed E-state index contributed by atoms with van der Waals surface area (Å²) in [6.45, 7) is 5.97. The van der Waals surface area contributed by atoms with Crippen LogP contribution in [-0.2, 0) is 12.8 Å². The average molecular weight is 399 g/mol. The highest BCUT2D eigenvalue weighted by molar-refractivity contribution is 7.99. The molecule has 1 aliphatic carbocycles. The molecule has 140 valence electrons. The molecule has 1 aliphatic rings. The first-order valence-corrected chi connectivity index (χ1v) is 10.9. The first-order valence-electron chi connectivity index (χ1n) is 9.07. The zero-order valence-electron chi connectivity index (χ0n) is 15.6. The van der Waals surface area contributed by atoms with Crippen LogP contribution in [0.1, 0.15) is 30.2 Å². The smallest absolute Gasteiger partial charge is 0.267 e. The quantitative estimate of drug-likeness (QED) is 0.344. The highest BCUT2D eigenvalue weighted by atomic mass is 32.2. The van der Waals surface area contributed by atoms with Gasteiger partial charge in [0.1, 0.15) is 10.6 Å². The molecule has 6 heteroatoms. The maximum atomic E-state index is 13.5. The second-order valence-corrected chi connectivity index (χ2v) is 8.90. The van der Waals surface area contributed by atoms with Gasteiger partial charge in [-0.1, -0.05) is 23.9 Å². The van der Waals surface area contributed by atoms with E-state index >= 15 is 0 Å². The topological polar surface area (TPSA) is 44.1 Å². The Kier molecular flexibility index (Phi) is 5.10. The molecule has 0 saturated heterocycles. The number of fused-ring (bicyclic) bond motifs is 3. The first kappa shape index (κ1) is 18.3. The van der Waals surface area contributed by atoms with E-state index in [2.05, 4.69) is 6.58 Å². The number of methoxy groups -OCH3 is 1. The third kappa shape index (κ3) is 3.44. The Morgan fingerprint density at radius 3 is 2.74 bits per heavy atom. The highest BCUT2D eigenvalue weighted by Crippen LogP contribution is 2.35. The number of thiophene rings is 1. The minimum Gasteiger partial charge on any atom is -0.497 e. The van der Waals surface area contributed by atoms with Gasteiger partial charge in [0.05, 0.1) is 18.2 Å². The van der Waals surface area contributed by atoms with Crippen LogP contribution in [0.2, 0.25) is 0 Å². The molecule has 4 rings (SSSR count). The van der Waals surface area contributed by atoms with Crippen molar-refractivity contribution in [2.24, 2.45) is 0 Å². The second kappa shape index (κ2) is 7.52. The monoisotopic (exact) mass is 398 g/mol. The fraction of sp³-hybridized carbons (Fsp3) is 0.333. The van der Waals surface area contributed by atoms with Crippen LogP contribution in [0.15, 0.2) is 46.4 Å². The maximum absolute atomic E-state index is 13.5. The Morgan fingerprint density at radius 1 is 1.30 bits per heavy atom. The van der Waals surface area contributed by atoms with Crippen LogP contribution in [0.25, 0.3) is 15.9 Å². The molecule has 0 saturated carbocycles. The van der Waals surface area contributed by atoms with Crippen molar-refractivity contribution >= 4 is 33.3 Å². The second-order valence-electron chi connectivity index (χ2n) is 6.87. The van der Waals surface area contributed by atoms with Crippen molar-refractivity contribution in [2.75, 3.05) is 12.9 Å². The molecule has 0 aliphatic heterocycles. The molecule has 27 heavy (non-hydrogen) atoms. The molecule has 0 spiro atoms. The lowest BCUT2D eigenvalue weighted by Crippen LogP contribution is -2.22. The number of thioether (sulfide) groups is 1. The molecule has 0 N–H and O–H groups in total. The van der Waals surface area contributed by atoms with Crippen LogP contribution < -0.4 is 10.3 Å². The van der Waals surface area contributed by atoms with Gasteiger partial charge < -0.3 is 4.74 Å². The van der Waals surface area contributed by atoms with Gasteiger partial charge in [0.2, 0.25) is 0 Å². The maximum Gasteiger partial charge on any atom is 0.267 e. The van der Waals surface area contributed by atoms with Crippen LogP contribution in [-0.4, -0.2) is 22.4 Å². The molecule has 0 bridgehead atoms. The van der Waals surface area contributed by atoms with Gasteiger partial charge in [0, 0.05) is 10.6 Å². The van der Waals surface area contributed by atoms with Crippen LogP contribution >= 0.6 is 23.1 Å². The van der Waals surface area contributed by atoms with E-state index in [-0.39, 0.29) is 5.56 Å². The van der Waals surface area contributed by atoms with Crippen LogP contribution in [0, 0.1) is 0 Å². The molecule has 0 radical (unpaired) electrons. The molecule has 3 aromatic rings. The summed E-state index contributed by atoms with van der Waals surface area (Å²) in [5.74, 6) is 1.50. The molecular formula is C21H22N2O2S2. The first-order chi connectivity index (χ1) is 13.1. The molecule has 2 aromatic heterocycles. The van der Waals surface area contributed by atoms with E-state index in [0.29, 0.717) is 0 Å². The summed E-state index contributed by atoms with van der Waals surface area (Å²) in [4.78, 5) is 20.7. The van der Waals surface area contributed by atoms with Crippen molar-refractivity contribution in [2.45, 2.75) is 37.8 Å². The minimum absolute atomic E-state index is 0.0359. The summed E-state index contributed by atoms with van der Waals surface area (Å²) in [6, 6.07) is 7.58. The number of nitrogens with zero attached hydrogens (tertiary/aromatic N) is 2. The Hall–Kier alpha value is -2.05. The van der Waals surface area contributed by atoms with Gasteiger partial charge >= 0.3 is 0 Å². The molecule has 0 amide bonds. The van der Waals surface area contributed by atoms with Gasteiger partial charge in [-0.3, -0.25) is 9.36 Å². The third-order valence-electron chi connectivity index (χ3n) is 4.74. The Bertz CT molecular complexity index is 1060. The summed E-state index contributed by atoms with van der Waals surface area (Å²) in [6.07, 6.45) is 4.39. The fourth-order valence-corrected chi connectivity index (χ4v) is 5.59. The van der Waals surface area contributed by atoms with Gasteiger partial charge in [0.15, 0.2) is 5.16 Å². The molecule has 0 atom stereocenters. The zero-order chi connectivity index (χ0) is 19.0. The molecule has 0 unspecified atom stereocenters. The van der Waals surface area contributed by atoms with Crippen molar-refractivity contribution in [3.63, 3.8) is 0 Å². The van der Waals surface area contributed by atoms with Crippen molar-refractivity contribution < 1.29 is 4.74 Å². The third-order valence-corrected chi connectivity index (χ3v) is 7.09. The van der Waals surface area contributed by atoms with Gasteiger partial charge in [0.25, 0.3) is 5.56 Å². The molecule has 2 heterocycles. The lowest BCUT2D eigenvalue weighted by molar-refractivity contribution is 0.414. The summed E-state index contributed by atoms with van der Waals surface area (Å²) in [5, 5.41) is 1.53. The SMILES string of the molecule is C=C(C)CSc1nc2sc3c(c2c(=O)n1-c1ccc(OC)cc1)CCCC3. The van der Waals surface area contributed by atoms with Gasteiger partial charge in [-0.15, -0.1) is 11.3 Å². The molecular weight excluding hydrogens is 376 g/mol. The number of benzene rings is 1. The standard InChI is InChI=1S/C21H22N2O2S2/c1-13(2)12-26-21-22-19-18(16-6-4-5-7-17(16)27-19)20(24)23(21)14-8-10-15(25-3)11-9-14/h8-11H,1,4-7,12H2,2-3H3. The van der Waals surface area contributed by atoms with Gasteiger partial charge in [-0.2, -0.15) is 0 Å². The van der Waals surface area contributed by atoms with Crippen LogP contribution in [0.5, 0.6) is 5.75 Å². The van der Waals surface area contributed by atoms with E-state index in [1.807, 2.05) is 31.2 Å². The number of hydrogen-bond donors (Lipinski definition) is 0. The summed E-state index contributed by atoms with van der Waals surface area (Å²) < 4.78 is 7.01. The van der Waals surface area contributed by atoms with E-state index in [4.69, 9.17) is 9.72 Å². The van der Waals surface area contributed by atoms with E-state index in [9.17, 15) is 4.79 Å². The fourth-order valence-electron chi connectivity index (χ4n) is 3.43. The van der Waals surface area contributed by atoms with E-state index in [1.165, 1.54) is 16.9 Å². The average Bonchev–Trinajstić information content (AvgIpc) is 3.05. The Balaban J connectivity index is 1.94.